The van der Waals surface area contributed by atoms with E-state index in [1.165, 1.54) is 57.9 Å². The predicted molar refractivity (Wildman–Crippen MR) is 435 cm³/mol. The van der Waals surface area contributed by atoms with Gasteiger partial charge in [0.15, 0.2) is 0 Å². The number of thiophene rings is 1. The molecule has 8 heteroatoms. The zero-order valence-electron chi connectivity index (χ0n) is 55.6. The van der Waals surface area contributed by atoms with E-state index in [4.69, 9.17) is 13.3 Å². The second-order valence-corrected chi connectivity index (χ2v) is 28.8. The summed E-state index contributed by atoms with van der Waals surface area (Å²) in [5.41, 5.74) is 25.4. The van der Waals surface area contributed by atoms with Gasteiger partial charge in [0.05, 0.1) is 44.1 Å². The number of furan rings is 3. The van der Waals surface area contributed by atoms with E-state index in [2.05, 4.69) is 334 Å². The van der Waals surface area contributed by atoms with E-state index < -0.39 is 0 Å². The van der Waals surface area contributed by atoms with Crippen LogP contribution in [0.1, 0.15) is 0 Å². The van der Waals surface area contributed by atoms with E-state index in [0.717, 1.165) is 171 Å². The van der Waals surface area contributed by atoms with Gasteiger partial charge in [-0.1, -0.05) is 182 Å². The topological polar surface area (TPSA) is 59.1 Å². The van der Waals surface area contributed by atoms with Crippen molar-refractivity contribution in [2.24, 2.45) is 0 Å². The maximum Gasteiger partial charge on any atom is 0.143 e. The highest BCUT2D eigenvalue weighted by molar-refractivity contribution is 7.26. The smallest absolute Gasteiger partial charge is 0.143 e. The zero-order valence-corrected chi connectivity index (χ0v) is 56.4. The molecule has 0 saturated carbocycles. The molecule has 0 N–H and O–H groups in total. The van der Waals surface area contributed by atoms with Crippen LogP contribution in [0.25, 0.3) is 229 Å². The average molecular weight is 1340 g/mol. The van der Waals surface area contributed by atoms with Gasteiger partial charge < -0.3 is 31.5 Å². The Labute approximate surface area is 595 Å². The molecular weight excluding hydrogens is 1290 g/mol. The standard InChI is InChI=1S/C96H54N4O3S/c1-5-20-59(21-6-1)97-77-42-39-56(46-70(77)72-50-74-63-28-13-16-33-85(63)102-88(74)53-82(72)97)58-37-41-67-81(49-58)100(62-26-11-4-12-27-62)84-52-76(96-94(92(67)84)69-30-15-18-35-90(69)104-96)65-32-19-31-64-75-51-73-71-47-55(38-43-78(71)98(60-22-7-2-8-23-60)83(73)54-89(75)103-95(64)65)57-36-40-66-80(48-57)99(61-24-9-3-10-25-61)79-44-45-87-93(91(66)79)68-29-14-17-34-86(68)101-87/h1-54H. The van der Waals surface area contributed by atoms with Gasteiger partial charge >= 0.3 is 0 Å². The van der Waals surface area contributed by atoms with Gasteiger partial charge in [-0.3, -0.25) is 0 Å². The molecule has 0 amide bonds. The molecule has 24 rings (SSSR count). The number of fused-ring (bicyclic) bond motifs is 26. The normalized spacial score (nSPS) is 12.4. The minimum absolute atomic E-state index is 0.838. The fourth-order valence-corrected chi connectivity index (χ4v) is 19.1. The first kappa shape index (κ1) is 56.1. The molecule has 0 radical (unpaired) electrons. The predicted octanol–water partition coefficient (Wildman–Crippen LogP) is 27.1. The third kappa shape index (κ3) is 7.78. The van der Waals surface area contributed by atoms with Crippen molar-refractivity contribution in [3.8, 4) is 56.1 Å². The van der Waals surface area contributed by atoms with E-state index in [1.54, 1.807) is 0 Å². The van der Waals surface area contributed by atoms with Gasteiger partial charge in [-0.05, 0) is 156 Å². The first-order valence-corrected chi connectivity index (χ1v) is 36.3. The molecule has 482 valence electrons. The van der Waals surface area contributed by atoms with Crippen LogP contribution in [0.3, 0.4) is 0 Å². The van der Waals surface area contributed by atoms with Crippen molar-refractivity contribution >= 4 is 185 Å². The molecule has 16 aromatic carbocycles. The number of rotatable bonds is 7. The van der Waals surface area contributed by atoms with Crippen LogP contribution < -0.4 is 0 Å². The third-order valence-corrected chi connectivity index (χ3v) is 23.5. The summed E-state index contributed by atoms with van der Waals surface area (Å²) in [6.07, 6.45) is 0. The van der Waals surface area contributed by atoms with Crippen LogP contribution in [-0.4, -0.2) is 18.3 Å². The summed E-state index contributed by atoms with van der Waals surface area (Å²) in [6, 6.07) is 120. The van der Waals surface area contributed by atoms with Crippen LogP contribution in [-0.2, 0) is 0 Å². The first-order valence-electron chi connectivity index (χ1n) is 35.4. The van der Waals surface area contributed by atoms with Crippen LogP contribution in [0.4, 0.5) is 0 Å². The van der Waals surface area contributed by atoms with Gasteiger partial charge in [0.25, 0.3) is 0 Å². The SMILES string of the molecule is c1ccc(-n2c3ccc(-c4ccc5c6c7c(sc8ccccc87)c(-c7cccc8c7oc7cc9c(cc78)c7cc(-c8ccc%10c%11c%12c(ccc%11n(-c%11ccccc%11)c%10c8)oc8ccccc8%12)ccc7n9-c7ccccc7)cc6n(-c6ccccc6)c5c4)cc3c3cc4c(cc32)oc2ccccc24)cc1. The fourth-order valence-electron chi connectivity index (χ4n) is 17.8. The molecule has 24 aromatic rings. The van der Waals surface area contributed by atoms with Crippen LogP contribution in [0.15, 0.2) is 341 Å². The molecule has 0 unspecified atom stereocenters. The Morgan fingerprint density at radius 1 is 0.202 bits per heavy atom. The van der Waals surface area contributed by atoms with Crippen molar-refractivity contribution in [3.05, 3.63) is 328 Å². The number of hydrogen-bond donors (Lipinski definition) is 0. The van der Waals surface area contributed by atoms with Gasteiger partial charge in [-0.2, -0.15) is 0 Å². The lowest BCUT2D eigenvalue weighted by Crippen LogP contribution is -1.94. The number of benzene rings is 16. The summed E-state index contributed by atoms with van der Waals surface area (Å²) in [6.45, 7) is 0. The Hall–Kier alpha value is -13.7. The third-order valence-electron chi connectivity index (χ3n) is 22.3. The van der Waals surface area contributed by atoms with Gasteiger partial charge in [0.1, 0.15) is 33.5 Å². The minimum Gasteiger partial charge on any atom is -0.456 e. The van der Waals surface area contributed by atoms with E-state index >= 15 is 0 Å². The van der Waals surface area contributed by atoms with Gasteiger partial charge in [0.2, 0.25) is 0 Å². The summed E-state index contributed by atoms with van der Waals surface area (Å²) in [4.78, 5) is 0. The van der Waals surface area contributed by atoms with Crippen molar-refractivity contribution in [3.63, 3.8) is 0 Å². The van der Waals surface area contributed by atoms with Crippen LogP contribution >= 0.6 is 11.3 Å². The molecular formula is C96H54N4O3S. The Bertz CT molecular complexity index is 7830. The lowest BCUT2D eigenvalue weighted by Gasteiger charge is -2.11. The molecule has 0 saturated heterocycles. The number of aromatic nitrogens is 4. The minimum atomic E-state index is 0.838. The summed E-state index contributed by atoms with van der Waals surface area (Å²) >= 11 is 1.87. The molecule has 8 heterocycles. The van der Waals surface area contributed by atoms with E-state index in [9.17, 15) is 0 Å². The molecule has 0 fully saturated rings. The summed E-state index contributed by atoms with van der Waals surface area (Å²) in [5, 5.41) is 18.6. The lowest BCUT2D eigenvalue weighted by atomic mass is 9.96. The van der Waals surface area contributed by atoms with E-state index in [0.29, 0.717) is 0 Å². The number of hydrogen-bond acceptors (Lipinski definition) is 4. The zero-order chi connectivity index (χ0) is 67.6. The average Bonchev–Trinajstić information content (AvgIpc) is 1.55. The molecule has 0 aliphatic rings. The monoisotopic (exact) mass is 1340 g/mol. The summed E-state index contributed by atoms with van der Waals surface area (Å²) < 4.78 is 32.6. The van der Waals surface area contributed by atoms with Crippen molar-refractivity contribution in [2.75, 3.05) is 0 Å². The van der Waals surface area contributed by atoms with Crippen LogP contribution in [0.5, 0.6) is 0 Å². The molecule has 0 spiro atoms. The summed E-state index contributed by atoms with van der Waals surface area (Å²) in [7, 11) is 0. The van der Waals surface area contributed by atoms with Crippen molar-refractivity contribution in [1.82, 2.24) is 18.3 Å². The van der Waals surface area contributed by atoms with Crippen LogP contribution in [0.2, 0.25) is 0 Å². The van der Waals surface area contributed by atoms with Crippen molar-refractivity contribution in [1.29, 1.82) is 0 Å². The van der Waals surface area contributed by atoms with Crippen molar-refractivity contribution in [2.45, 2.75) is 0 Å². The molecule has 7 nitrogen and oxygen atoms in total. The molecule has 0 atom stereocenters. The molecule has 104 heavy (non-hydrogen) atoms. The highest BCUT2D eigenvalue weighted by Crippen LogP contribution is 2.52. The van der Waals surface area contributed by atoms with E-state index in [1.807, 2.05) is 23.5 Å². The second kappa shape index (κ2) is 21.0. The molecule has 8 aromatic heterocycles. The maximum absolute atomic E-state index is 7.45. The van der Waals surface area contributed by atoms with Crippen molar-refractivity contribution < 1.29 is 13.3 Å². The van der Waals surface area contributed by atoms with E-state index in [-0.39, 0.29) is 0 Å². The molecule has 0 aliphatic heterocycles. The first-order chi connectivity index (χ1) is 51.6. The molecule has 0 bridgehead atoms. The van der Waals surface area contributed by atoms with Crippen LogP contribution in [0, 0.1) is 0 Å². The highest BCUT2D eigenvalue weighted by Gasteiger charge is 2.27. The summed E-state index contributed by atoms with van der Waals surface area (Å²) in [5.74, 6) is 0. The highest BCUT2D eigenvalue weighted by atomic mass is 32.1. The maximum atomic E-state index is 7.45. The Morgan fingerprint density at radius 3 is 1.24 bits per heavy atom. The Balaban J connectivity index is 0.704. The van der Waals surface area contributed by atoms with Gasteiger partial charge in [-0.15, -0.1) is 11.3 Å². The Morgan fingerprint density at radius 2 is 0.635 bits per heavy atom. The lowest BCUT2D eigenvalue weighted by molar-refractivity contribution is 0.669. The quantitative estimate of drug-likeness (QED) is 0.160. The number of nitrogens with zero attached hydrogens (tertiary/aromatic N) is 4. The number of para-hydroxylation sites is 7. The van der Waals surface area contributed by atoms with Gasteiger partial charge in [-0.25, -0.2) is 0 Å². The second-order valence-electron chi connectivity index (χ2n) is 27.8. The Kier molecular flexibility index (Phi) is 11.3. The van der Waals surface area contributed by atoms with Gasteiger partial charge in [0, 0.05) is 142 Å². The fraction of sp³-hybridized carbons (Fsp3) is 0. The largest absolute Gasteiger partial charge is 0.456 e. The molecule has 0 aliphatic carbocycles.